The molecule has 0 fully saturated rings. The Morgan fingerprint density at radius 2 is 1.80 bits per heavy atom. The van der Waals surface area contributed by atoms with Crippen LogP contribution in [0.25, 0.3) is 11.0 Å². The van der Waals surface area contributed by atoms with E-state index in [1.165, 1.54) is 12.1 Å². The van der Waals surface area contributed by atoms with E-state index in [-0.39, 0.29) is 17.4 Å². The third kappa shape index (κ3) is 4.98. The normalized spacial score (nSPS) is 10.8. The second kappa shape index (κ2) is 9.00. The molecule has 0 spiro atoms. The van der Waals surface area contributed by atoms with Gasteiger partial charge in [0.15, 0.2) is 0 Å². The van der Waals surface area contributed by atoms with Gasteiger partial charge in [0.05, 0.1) is 6.61 Å². The molecule has 3 rings (SSSR count). The lowest BCUT2D eigenvalue weighted by Crippen LogP contribution is -2.18. The first-order chi connectivity index (χ1) is 14.2. The van der Waals surface area contributed by atoms with Gasteiger partial charge in [0.1, 0.15) is 11.3 Å². The minimum absolute atomic E-state index is 0.136. The fourth-order valence-corrected chi connectivity index (χ4v) is 3.02. The molecule has 156 valence electrons. The smallest absolute Gasteiger partial charge is 0.411 e. The number of furan rings is 1. The second-order valence-corrected chi connectivity index (χ2v) is 7.88. The van der Waals surface area contributed by atoms with Crippen LogP contribution in [0.1, 0.15) is 34.8 Å². The lowest BCUT2D eigenvalue weighted by molar-refractivity contribution is 0.0977. The molecule has 30 heavy (non-hydrogen) atoms. The zero-order chi connectivity index (χ0) is 21.8. The molecule has 0 saturated carbocycles. The SMILES string of the molecule is CC(C)COC(=O)Nc1ccc(C(=O)Nc2c(C(N)=O)oc3ccc(Br)cc23)cc1. The summed E-state index contributed by atoms with van der Waals surface area (Å²) in [4.78, 5) is 36.2. The number of benzene rings is 2. The first-order valence-corrected chi connectivity index (χ1v) is 9.91. The summed E-state index contributed by atoms with van der Waals surface area (Å²) >= 11 is 3.36. The van der Waals surface area contributed by atoms with Crippen molar-refractivity contribution in [3.05, 3.63) is 58.3 Å². The van der Waals surface area contributed by atoms with Crippen molar-refractivity contribution < 1.29 is 23.5 Å². The highest BCUT2D eigenvalue weighted by Crippen LogP contribution is 2.33. The highest BCUT2D eigenvalue weighted by molar-refractivity contribution is 9.10. The first kappa shape index (κ1) is 21.4. The summed E-state index contributed by atoms with van der Waals surface area (Å²) in [5.41, 5.74) is 6.81. The number of nitrogens with two attached hydrogens (primary N) is 1. The molecule has 0 bridgehead atoms. The zero-order valence-electron chi connectivity index (χ0n) is 16.3. The molecule has 0 saturated heterocycles. The summed E-state index contributed by atoms with van der Waals surface area (Å²) in [5.74, 6) is -1.17. The van der Waals surface area contributed by atoms with E-state index in [0.29, 0.717) is 28.8 Å². The van der Waals surface area contributed by atoms with Gasteiger partial charge in [-0.25, -0.2) is 4.79 Å². The molecule has 8 nitrogen and oxygen atoms in total. The molecular weight excluding hydrogens is 454 g/mol. The van der Waals surface area contributed by atoms with Gasteiger partial charge in [-0.2, -0.15) is 0 Å². The molecule has 9 heteroatoms. The van der Waals surface area contributed by atoms with E-state index in [2.05, 4.69) is 26.6 Å². The van der Waals surface area contributed by atoms with Crippen LogP contribution in [0.4, 0.5) is 16.2 Å². The van der Waals surface area contributed by atoms with E-state index in [4.69, 9.17) is 14.9 Å². The lowest BCUT2D eigenvalue weighted by atomic mass is 10.1. The molecule has 0 aliphatic carbocycles. The average Bonchev–Trinajstić information content (AvgIpc) is 3.05. The number of nitrogens with one attached hydrogen (secondary N) is 2. The average molecular weight is 474 g/mol. The summed E-state index contributed by atoms with van der Waals surface area (Å²) in [5, 5.41) is 5.81. The van der Waals surface area contributed by atoms with Gasteiger partial charge in [-0.05, 0) is 48.4 Å². The van der Waals surface area contributed by atoms with E-state index < -0.39 is 17.9 Å². The third-order valence-electron chi connectivity index (χ3n) is 4.05. The standard InChI is InChI=1S/C21H20BrN3O5/c1-11(2)10-29-21(28)24-14-6-3-12(4-7-14)20(27)25-17-15-9-13(22)5-8-16(15)30-18(17)19(23)26/h3-9,11H,10H2,1-2H3,(H2,23,26)(H,24,28)(H,25,27). The Bertz CT molecular complexity index is 1110. The fraction of sp³-hybridized carbons (Fsp3) is 0.190. The van der Waals surface area contributed by atoms with Crippen LogP contribution in [-0.2, 0) is 4.74 Å². The molecule has 1 heterocycles. The van der Waals surface area contributed by atoms with Crippen LogP contribution in [0.15, 0.2) is 51.4 Å². The Morgan fingerprint density at radius 1 is 1.10 bits per heavy atom. The molecule has 3 aromatic rings. The van der Waals surface area contributed by atoms with Crippen LogP contribution in [0, 0.1) is 5.92 Å². The zero-order valence-corrected chi connectivity index (χ0v) is 17.9. The number of carbonyl (C=O) groups excluding carboxylic acids is 3. The Kier molecular flexibility index (Phi) is 6.41. The number of hydrogen-bond acceptors (Lipinski definition) is 5. The number of anilines is 2. The Balaban J connectivity index is 1.76. The highest BCUT2D eigenvalue weighted by atomic mass is 79.9. The third-order valence-corrected chi connectivity index (χ3v) is 4.55. The highest BCUT2D eigenvalue weighted by Gasteiger charge is 2.21. The van der Waals surface area contributed by atoms with E-state index in [1.807, 2.05) is 13.8 Å². The molecule has 3 amide bonds. The number of primary amides is 1. The molecule has 4 N–H and O–H groups in total. The Labute approximate surface area is 180 Å². The Morgan fingerprint density at radius 3 is 2.43 bits per heavy atom. The van der Waals surface area contributed by atoms with Crippen molar-refractivity contribution >= 4 is 56.2 Å². The van der Waals surface area contributed by atoms with E-state index in [1.54, 1.807) is 30.3 Å². The summed E-state index contributed by atoms with van der Waals surface area (Å²) in [7, 11) is 0. The van der Waals surface area contributed by atoms with Gasteiger partial charge in [-0.1, -0.05) is 29.8 Å². The van der Waals surface area contributed by atoms with Crippen LogP contribution in [-0.4, -0.2) is 24.5 Å². The first-order valence-electron chi connectivity index (χ1n) is 9.11. The number of halogens is 1. The van der Waals surface area contributed by atoms with Gasteiger partial charge in [0.25, 0.3) is 11.8 Å². The molecule has 0 radical (unpaired) electrons. The van der Waals surface area contributed by atoms with Crippen molar-refractivity contribution in [1.29, 1.82) is 0 Å². The van der Waals surface area contributed by atoms with Gasteiger partial charge in [-0.3, -0.25) is 14.9 Å². The van der Waals surface area contributed by atoms with Gasteiger partial charge < -0.3 is 20.2 Å². The number of rotatable bonds is 6. The quantitative estimate of drug-likeness (QED) is 0.476. The maximum Gasteiger partial charge on any atom is 0.411 e. The number of hydrogen-bond donors (Lipinski definition) is 3. The second-order valence-electron chi connectivity index (χ2n) is 6.96. The van der Waals surface area contributed by atoms with Crippen LogP contribution in [0.3, 0.4) is 0 Å². The summed E-state index contributed by atoms with van der Waals surface area (Å²) in [6, 6.07) is 11.4. The molecule has 0 aliphatic rings. The molecule has 0 aliphatic heterocycles. The molecule has 2 aromatic carbocycles. The van der Waals surface area contributed by atoms with Gasteiger partial charge in [0.2, 0.25) is 5.76 Å². The van der Waals surface area contributed by atoms with Crippen molar-refractivity contribution in [2.75, 3.05) is 17.2 Å². The minimum atomic E-state index is -0.794. The van der Waals surface area contributed by atoms with Crippen LogP contribution >= 0.6 is 15.9 Å². The maximum absolute atomic E-state index is 12.7. The number of ether oxygens (including phenoxy) is 1. The van der Waals surface area contributed by atoms with Gasteiger partial charge in [-0.15, -0.1) is 0 Å². The van der Waals surface area contributed by atoms with Gasteiger partial charge in [0, 0.05) is 21.1 Å². The fourth-order valence-electron chi connectivity index (χ4n) is 2.65. The predicted octanol–water partition coefficient (Wildman–Crippen LogP) is 4.75. The van der Waals surface area contributed by atoms with Crippen molar-refractivity contribution in [3.63, 3.8) is 0 Å². The number of amides is 3. The van der Waals surface area contributed by atoms with E-state index in [0.717, 1.165) is 4.47 Å². The molecule has 0 unspecified atom stereocenters. The maximum atomic E-state index is 12.7. The molecular formula is C21H20BrN3O5. The topological polar surface area (TPSA) is 124 Å². The summed E-state index contributed by atoms with van der Waals surface area (Å²) in [6.45, 7) is 4.18. The minimum Gasteiger partial charge on any atom is -0.449 e. The molecule has 1 aromatic heterocycles. The van der Waals surface area contributed by atoms with Crippen molar-refractivity contribution in [3.8, 4) is 0 Å². The van der Waals surface area contributed by atoms with Crippen LogP contribution < -0.4 is 16.4 Å². The number of carbonyl (C=O) groups is 3. The van der Waals surface area contributed by atoms with Gasteiger partial charge >= 0.3 is 6.09 Å². The van der Waals surface area contributed by atoms with Crippen molar-refractivity contribution in [1.82, 2.24) is 0 Å². The van der Waals surface area contributed by atoms with Crippen LogP contribution in [0.2, 0.25) is 0 Å². The Hall–Kier alpha value is -3.33. The van der Waals surface area contributed by atoms with Crippen molar-refractivity contribution in [2.24, 2.45) is 11.7 Å². The number of fused-ring (bicyclic) bond motifs is 1. The van der Waals surface area contributed by atoms with E-state index in [9.17, 15) is 14.4 Å². The van der Waals surface area contributed by atoms with E-state index >= 15 is 0 Å². The monoisotopic (exact) mass is 473 g/mol. The van der Waals surface area contributed by atoms with Crippen LogP contribution in [0.5, 0.6) is 0 Å². The predicted molar refractivity (Wildman–Crippen MR) is 117 cm³/mol. The summed E-state index contributed by atoms with van der Waals surface area (Å²) in [6.07, 6.45) is -0.567. The lowest BCUT2D eigenvalue weighted by Gasteiger charge is -2.09. The summed E-state index contributed by atoms with van der Waals surface area (Å²) < 4.78 is 11.3. The van der Waals surface area contributed by atoms with Crippen molar-refractivity contribution in [2.45, 2.75) is 13.8 Å². The largest absolute Gasteiger partial charge is 0.449 e. The molecule has 0 atom stereocenters.